The molecule has 0 aliphatic rings. The average molecular weight is 231 g/mol. The first-order valence-electron chi connectivity index (χ1n) is 4.34. The summed E-state index contributed by atoms with van der Waals surface area (Å²) in [4.78, 5) is 0. The van der Waals surface area contributed by atoms with E-state index in [4.69, 9.17) is 27.2 Å². The second-order valence-corrected chi connectivity index (χ2v) is 3.27. The van der Waals surface area contributed by atoms with Crippen LogP contribution in [0.4, 0.5) is 0 Å². The van der Waals surface area contributed by atoms with Crippen LogP contribution in [0.2, 0.25) is 5.02 Å². The molecule has 0 radical (unpaired) electrons. The molecule has 0 heterocycles. The molecule has 0 bridgehead atoms. The van der Waals surface area contributed by atoms with Gasteiger partial charge in [0.15, 0.2) is 0 Å². The van der Waals surface area contributed by atoms with Crippen LogP contribution in [0.25, 0.3) is 5.57 Å². The minimum absolute atomic E-state index is 0.0624. The first-order chi connectivity index (χ1) is 7.72. The van der Waals surface area contributed by atoms with Crippen LogP contribution in [0.5, 0.6) is 0 Å². The monoisotopic (exact) mass is 230 g/mol. The van der Waals surface area contributed by atoms with Crippen molar-refractivity contribution in [2.75, 3.05) is 0 Å². The third-order valence-corrected chi connectivity index (χ3v) is 2.14. The van der Waals surface area contributed by atoms with Gasteiger partial charge in [-0.05, 0) is 23.8 Å². The van der Waals surface area contributed by atoms with Crippen molar-refractivity contribution >= 4 is 17.2 Å². The molecule has 3 nitrogen and oxygen atoms in total. The van der Waals surface area contributed by atoms with E-state index in [1.54, 1.807) is 36.4 Å². The number of aliphatic hydroxyl groups is 1. The molecule has 16 heavy (non-hydrogen) atoms. The Morgan fingerprint density at radius 2 is 1.75 bits per heavy atom. The summed E-state index contributed by atoms with van der Waals surface area (Å²) in [6.07, 6.45) is 2.09. The number of rotatable bonds is 2. The molecule has 1 rings (SSSR count). The summed E-state index contributed by atoms with van der Waals surface area (Å²) >= 11 is 5.73. The van der Waals surface area contributed by atoms with Gasteiger partial charge in [0.25, 0.3) is 0 Å². The zero-order valence-electron chi connectivity index (χ0n) is 8.18. The topological polar surface area (TPSA) is 67.8 Å². The van der Waals surface area contributed by atoms with Crippen LogP contribution >= 0.6 is 11.6 Å². The van der Waals surface area contributed by atoms with Crippen molar-refractivity contribution in [1.82, 2.24) is 0 Å². The van der Waals surface area contributed by atoms with E-state index in [0.29, 0.717) is 16.2 Å². The maximum atomic E-state index is 8.77. The first kappa shape index (κ1) is 11.8. The second-order valence-electron chi connectivity index (χ2n) is 2.83. The molecule has 0 saturated carbocycles. The van der Waals surface area contributed by atoms with E-state index in [2.05, 4.69) is 0 Å². The second kappa shape index (κ2) is 5.60. The van der Waals surface area contributed by atoms with Crippen molar-refractivity contribution in [3.63, 3.8) is 0 Å². The van der Waals surface area contributed by atoms with Crippen molar-refractivity contribution < 1.29 is 5.11 Å². The molecule has 1 aromatic carbocycles. The number of halogens is 1. The van der Waals surface area contributed by atoms with Crippen molar-refractivity contribution in [3.8, 4) is 12.1 Å². The largest absolute Gasteiger partial charge is 0.516 e. The van der Waals surface area contributed by atoms with Gasteiger partial charge in [-0.2, -0.15) is 10.5 Å². The maximum absolute atomic E-state index is 8.77. The molecule has 0 aliphatic carbocycles. The smallest absolute Gasteiger partial charge is 0.137 e. The molecule has 0 unspecified atom stereocenters. The molecule has 78 valence electrons. The predicted octanol–water partition coefficient (Wildman–Crippen LogP) is 3.21. The van der Waals surface area contributed by atoms with Gasteiger partial charge >= 0.3 is 0 Å². The van der Waals surface area contributed by atoms with E-state index in [1.807, 2.05) is 0 Å². The van der Waals surface area contributed by atoms with E-state index in [-0.39, 0.29) is 5.57 Å². The number of hydrogen-bond acceptors (Lipinski definition) is 3. The molecule has 0 aromatic heterocycles. The Morgan fingerprint density at radius 1 is 1.19 bits per heavy atom. The van der Waals surface area contributed by atoms with Gasteiger partial charge in [0.2, 0.25) is 0 Å². The first-order valence-corrected chi connectivity index (χ1v) is 4.72. The number of nitrogens with zero attached hydrogens (tertiary/aromatic N) is 2. The van der Waals surface area contributed by atoms with E-state index in [0.717, 1.165) is 6.26 Å². The zero-order valence-corrected chi connectivity index (χ0v) is 8.94. The summed E-state index contributed by atoms with van der Waals surface area (Å²) in [6, 6.07) is 10.2. The summed E-state index contributed by atoms with van der Waals surface area (Å²) in [5, 5.41) is 26.8. The molecular weight excluding hydrogens is 224 g/mol. The summed E-state index contributed by atoms with van der Waals surface area (Å²) in [5.41, 5.74) is 0.949. The fourth-order valence-electron chi connectivity index (χ4n) is 1.17. The van der Waals surface area contributed by atoms with Gasteiger partial charge in [0.05, 0.1) is 6.26 Å². The predicted molar refractivity (Wildman–Crippen MR) is 61.4 cm³/mol. The molecule has 0 atom stereocenters. The molecule has 0 fully saturated rings. The van der Waals surface area contributed by atoms with Crippen molar-refractivity contribution in [2.24, 2.45) is 0 Å². The van der Waals surface area contributed by atoms with Crippen LogP contribution in [0, 0.1) is 22.7 Å². The van der Waals surface area contributed by atoms with Gasteiger partial charge in [-0.25, -0.2) is 0 Å². The Morgan fingerprint density at radius 3 is 2.19 bits per heavy atom. The van der Waals surface area contributed by atoms with E-state index in [9.17, 15) is 0 Å². The highest BCUT2D eigenvalue weighted by molar-refractivity contribution is 6.30. The third-order valence-electron chi connectivity index (χ3n) is 1.89. The quantitative estimate of drug-likeness (QED) is 0.482. The third kappa shape index (κ3) is 2.63. The van der Waals surface area contributed by atoms with Gasteiger partial charge in [0.1, 0.15) is 17.7 Å². The van der Waals surface area contributed by atoms with Crippen LogP contribution in [0.1, 0.15) is 5.56 Å². The zero-order chi connectivity index (χ0) is 12.0. The van der Waals surface area contributed by atoms with Crippen LogP contribution < -0.4 is 0 Å². The SMILES string of the molecule is N#CC(C#N)=C(/C=C/O)c1ccc(Cl)cc1. The lowest BCUT2D eigenvalue weighted by atomic mass is 10.0. The van der Waals surface area contributed by atoms with Crippen molar-refractivity contribution in [3.05, 3.63) is 52.8 Å². The van der Waals surface area contributed by atoms with Gasteiger partial charge < -0.3 is 5.11 Å². The number of allylic oxidation sites excluding steroid dienone is 3. The van der Waals surface area contributed by atoms with Crippen LogP contribution in [0.3, 0.4) is 0 Å². The molecule has 1 N–H and O–H groups in total. The molecule has 0 saturated heterocycles. The Balaban J connectivity index is 3.36. The normalized spacial score (nSPS) is 9.44. The van der Waals surface area contributed by atoms with Gasteiger partial charge in [-0.1, -0.05) is 23.7 Å². The molecule has 0 aliphatic heterocycles. The van der Waals surface area contributed by atoms with E-state index in [1.165, 1.54) is 6.08 Å². The molecule has 0 amide bonds. The highest BCUT2D eigenvalue weighted by Gasteiger charge is 2.06. The maximum Gasteiger partial charge on any atom is 0.137 e. The van der Waals surface area contributed by atoms with Crippen LogP contribution in [0.15, 0.2) is 42.2 Å². The standard InChI is InChI=1S/C12H7ClN2O/c13-11-3-1-9(2-4-11)12(5-6-16)10(7-14)8-15/h1-6,16H/b6-5+. The molecule has 0 spiro atoms. The van der Waals surface area contributed by atoms with Crippen molar-refractivity contribution in [1.29, 1.82) is 10.5 Å². The lowest BCUT2D eigenvalue weighted by Gasteiger charge is -2.02. The van der Waals surface area contributed by atoms with Gasteiger partial charge in [-0.3, -0.25) is 0 Å². The summed E-state index contributed by atoms with van der Waals surface area (Å²) < 4.78 is 0. The van der Waals surface area contributed by atoms with E-state index < -0.39 is 0 Å². The Bertz CT molecular complexity index is 499. The lowest BCUT2D eigenvalue weighted by Crippen LogP contribution is -1.86. The highest BCUT2D eigenvalue weighted by Crippen LogP contribution is 2.21. The summed E-state index contributed by atoms with van der Waals surface area (Å²) in [7, 11) is 0. The molecule has 1 aromatic rings. The number of benzene rings is 1. The molecular formula is C12H7ClN2O. The lowest BCUT2D eigenvalue weighted by molar-refractivity contribution is 0.474. The van der Waals surface area contributed by atoms with Gasteiger partial charge in [0, 0.05) is 10.6 Å². The number of hydrogen-bond donors (Lipinski definition) is 1. The fourth-order valence-corrected chi connectivity index (χ4v) is 1.30. The average Bonchev–Trinajstić information content (AvgIpc) is 2.31. The van der Waals surface area contributed by atoms with Gasteiger partial charge in [-0.15, -0.1) is 0 Å². The number of aliphatic hydroxyl groups excluding tert-OH is 1. The summed E-state index contributed by atoms with van der Waals surface area (Å²) in [6.45, 7) is 0. The minimum Gasteiger partial charge on any atom is -0.516 e. The summed E-state index contributed by atoms with van der Waals surface area (Å²) in [5.74, 6) is 0. The van der Waals surface area contributed by atoms with Crippen LogP contribution in [-0.2, 0) is 0 Å². The molecule has 4 heteroatoms. The van der Waals surface area contributed by atoms with E-state index >= 15 is 0 Å². The Kier molecular flexibility index (Phi) is 4.15. The van der Waals surface area contributed by atoms with Crippen LogP contribution in [-0.4, -0.2) is 5.11 Å². The Labute approximate surface area is 98.1 Å². The Hall–Kier alpha value is -2.23. The highest BCUT2D eigenvalue weighted by atomic mass is 35.5. The van der Waals surface area contributed by atoms with Crippen molar-refractivity contribution in [2.45, 2.75) is 0 Å². The fraction of sp³-hybridized carbons (Fsp3) is 0. The number of nitriles is 2. The minimum atomic E-state index is -0.0624.